The number of hydrogen-bond acceptors (Lipinski definition) is 7. The minimum atomic E-state index is -4.42. The largest absolute Gasteiger partial charge is 0.416 e. The molecule has 3 heterocycles. The summed E-state index contributed by atoms with van der Waals surface area (Å²) >= 11 is 0. The van der Waals surface area contributed by atoms with E-state index in [4.69, 9.17) is 14.7 Å². The molecular formula is C27H36F3N7O. The van der Waals surface area contributed by atoms with Gasteiger partial charge >= 0.3 is 6.18 Å². The number of alkyl halides is 3. The molecule has 8 nitrogen and oxygen atoms in total. The molecule has 38 heavy (non-hydrogen) atoms. The van der Waals surface area contributed by atoms with Gasteiger partial charge in [-0.15, -0.1) is 0 Å². The van der Waals surface area contributed by atoms with Crippen molar-refractivity contribution in [3.8, 4) is 0 Å². The minimum absolute atomic E-state index is 0.133. The zero-order valence-corrected chi connectivity index (χ0v) is 22.2. The summed E-state index contributed by atoms with van der Waals surface area (Å²) in [6.07, 6.45) is 3.01. The van der Waals surface area contributed by atoms with Gasteiger partial charge in [0, 0.05) is 37.0 Å². The number of nitrogens with zero attached hydrogens (tertiary/aromatic N) is 5. The van der Waals surface area contributed by atoms with E-state index < -0.39 is 11.7 Å². The standard InChI is InChI=1S/C27H36F3N7O/c1-26(11-13-38-14-12-26)35-24-31-16-22-23(34-24)37(21-9-7-18(8-10-21)17-36(2)3)25(33-22)32-20-6-4-5-19(15-20)27(28,29)30/h4-6,15-16,18,21H,7-14,17H2,1-3H3,(H,32,33)(H,31,34,35)/t18-,21+. The molecule has 2 fully saturated rings. The van der Waals surface area contributed by atoms with Crippen molar-refractivity contribution in [2.24, 2.45) is 5.92 Å². The molecular weight excluding hydrogens is 495 g/mol. The van der Waals surface area contributed by atoms with E-state index in [0.29, 0.717) is 47.9 Å². The maximum atomic E-state index is 13.4. The Labute approximate surface area is 221 Å². The first kappa shape index (κ1) is 26.7. The second kappa shape index (κ2) is 10.7. The van der Waals surface area contributed by atoms with Crippen molar-refractivity contribution in [2.75, 3.05) is 44.5 Å². The van der Waals surface area contributed by atoms with Gasteiger partial charge in [-0.25, -0.2) is 9.97 Å². The second-order valence-corrected chi connectivity index (χ2v) is 11.1. The molecule has 3 aromatic rings. The third-order valence-corrected chi connectivity index (χ3v) is 7.69. The first-order chi connectivity index (χ1) is 18.1. The van der Waals surface area contributed by atoms with Crippen molar-refractivity contribution in [1.29, 1.82) is 0 Å². The molecule has 2 N–H and O–H groups in total. The van der Waals surface area contributed by atoms with Crippen molar-refractivity contribution < 1.29 is 17.9 Å². The lowest BCUT2D eigenvalue weighted by molar-refractivity contribution is -0.137. The normalized spacial score (nSPS) is 22.1. The third kappa shape index (κ3) is 6.04. The van der Waals surface area contributed by atoms with Crippen LogP contribution in [0.2, 0.25) is 0 Å². The molecule has 1 aliphatic heterocycles. The van der Waals surface area contributed by atoms with E-state index in [2.05, 4.69) is 46.1 Å². The number of hydrogen-bond donors (Lipinski definition) is 2. The molecule has 206 valence electrons. The number of halogens is 3. The van der Waals surface area contributed by atoms with Crippen LogP contribution in [-0.4, -0.2) is 63.8 Å². The molecule has 1 aromatic carbocycles. The van der Waals surface area contributed by atoms with Crippen LogP contribution in [0, 0.1) is 5.92 Å². The molecule has 1 saturated carbocycles. The van der Waals surface area contributed by atoms with Gasteiger partial charge in [0.2, 0.25) is 11.9 Å². The monoisotopic (exact) mass is 531 g/mol. The van der Waals surface area contributed by atoms with E-state index in [9.17, 15) is 13.2 Å². The van der Waals surface area contributed by atoms with Crippen LogP contribution in [0.25, 0.3) is 11.2 Å². The van der Waals surface area contributed by atoms with E-state index in [1.807, 2.05) is 0 Å². The first-order valence-electron chi connectivity index (χ1n) is 13.3. The van der Waals surface area contributed by atoms with Gasteiger partial charge in [-0.3, -0.25) is 4.57 Å². The zero-order valence-electron chi connectivity index (χ0n) is 22.2. The summed E-state index contributed by atoms with van der Waals surface area (Å²) in [5.74, 6) is 1.63. The van der Waals surface area contributed by atoms with Crippen LogP contribution in [-0.2, 0) is 10.9 Å². The SMILES string of the molecule is CN(C)C[C@H]1CC[C@@H](n2c(Nc3cccc(C(F)(F)F)c3)nc3cnc(NC4(C)CCOCC4)nc32)CC1. The Bertz CT molecular complexity index is 1250. The lowest BCUT2D eigenvalue weighted by atomic mass is 9.85. The van der Waals surface area contributed by atoms with E-state index in [1.165, 1.54) is 6.07 Å². The van der Waals surface area contributed by atoms with Crippen LogP contribution in [0.3, 0.4) is 0 Å². The Morgan fingerprint density at radius 1 is 1.11 bits per heavy atom. The van der Waals surface area contributed by atoms with Crippen molar-refractivity contribution in [3.05, 3.63) is 36.0 Å². The van der Waals surface area contributed by atoms with Gasteiger partial charge in [0.1, 0.15) is 5.52 Å². The lowest BCUT2D eigenvalue weighted by Crippen LogP contribution is -2.41. The Morgan fingerprint density at radius 2 is 1.84 bits per heavy atom. The molecule has 0 atom stereocenters. The first-order valence-corrected chi connectivity index (χ1v) is 13.3. The molecule has 0 spiro atoms. The number of nitrogens with one attached hydrogen (secondary N) is 2. The van der Waals surface area contributed by atoms with Crippen LogP contribution >= 0.6 is 0 Å². The van der Waals surface area contributed by atoms with Crippen molar-refractivity contribution in [2.45, 2.75) is 63.2 Å². The summed E-state index contributed by atoms with van der Waals surface area (Å²) in [6.45, 7) is 4.56. The summed E-state index contributed by atoms with van der Waals surface area (Å²) in [7, 11) is 4.19. The predicted octanol–water partition coefficient (Wildman–Crippen LogP) is 5.86. The summed E-state index contributed by atoms with van der Waals surface area (Å²) in [5, 5.41) is 6.66. The molecule has 2 aromatic heterocycles. The van der Waals surface area contributed by atoms with Crippen LogP contribution in [0.4, 0.5) is 30.8 Å². The molecule has 0 amide bonds. The number of aromatic nitrogens is 4. The maximum Gasteiger partial charge on any atom is 0.416 e. The molecule has 1 aliphatic carbocycles. The quantitative estimate of drug-likeness (QED) is 0.395. The molecule has 1 saturated heterocycles. The van der Waals surface area contributed by atoms with Gasteiger partial charge in [-0.05, 0) is 83.7 Å². The number of imidazole rings is 1. The third-order valence-electron chi connectivity index (χ3n) is 7.69. The summed E-state index contributed by atoms with van der Waals surface area (Å²) in [4.78, 5) is 16.4. The number of ether oxygens (including phenoxy) is 1. The fraction of sp³-hybridized carbons (Fsp3) is 0.593. The van der Waals surface area contributed by atoms with Crippen LogP contribution in [0.5, 0.6) is 0 Å². The van der Waals surface area contributed by atoms with E-state index in [-0.39, 0.29) is 11.6 Å². The minimum Gasteiger partial charge on any atom is -0.381 e. The van der Waals surface area contributed by atoms with E-state index in [0.717, 1.165) is 57.2 Å². The average Bonchev–Trinajstić information content (AvgIpc) is 3.21. The summed E-state index contributed by atoms with van der Waals surface area (Å²) < 4.78 is 47.6. The molecule has 11 heteroatoms. The highest BCUT2D eigenvalue weighted by atomic mass is 19.4. The Kier molecular flexibility index (Phi) is 7.50. The van der Waals surface area contributed by atoms with Gasteiger partial charge in [-0.1, -0.05) is 6.07 Å². The number of anilines is 3. The Balaban J connectivity index is 1.49. The van der Waals surface area contributed by atoms with Crippen molar-refractivity contribution in [1.82, 2.24) is 24.4 Å². The van der Waals surface area contributed by atoms with Crippen LogP contribution in [0.1, 0.15) is 57.1 Å². The Hall–Kier alpha value is -2.92. The Morgan fingerprint density at radius 3 is 2.53 bits per heavy atom. The number of benzene rings is 1. The van der Waals surface area contributed by atoms with Gasteiger partial charge in [0.05, 0.1) is 11.8 Å². The smallest absolute Gasteiger partial charge is 0.381 e. The fourth-order valence-corrected chi connectivity index (χ4v) is 5.61. The highest BCUT2D eigenvalue weighted by Crippen LogP contribution is 2.38. The van der Waals surface area contributed by atoms with Crippen LogP contribution in [0.15, 0.2) is 30.5 Å². The molecule has 0 radical (unpaired) electrons. The van der Waals surface area contributed by atoms with Gasteiger partial charge in [0.25, 0.3) is 0 Å². The number of fused-ring (bicyclic) bond motifs is 1. The summed E-state index contributed by atoms with van der Waals surface area (Å²) in [6, 6.07) is 5.34. The van der Waals surface area contributed by atoms with Gasteiger partial charge in [0.15, 0.2) is 5.65 Å². The average molecular weight is 532 g/mol. The molecule has 2 aliphatic rings. The lowest BCUT2D eigenvalue weighted by Gasteiger charge is -2.34. The van der Waals surface area contributed by atoms with Crippen molar-refractivity contribution >= 4 is 28.7 Å². The zero-order chi connectivity index (χ0) is 26.9. The topological polar surface area (TPSA) is 80.1 Å². The van der Waals surface area contributed by atoms with E-state index >= 15 is 0 Å². The summed E-state index contributed by atoms with van der Waals surface area (Å²) in [5.41, 5.74) is 0.755. The number of rotatable bonds is 7. The van der Waals surface area contributed by atoms with E-state index in [1.54, 1.807) is 12.3 Å². The molecule has 0 unspecified atom stereocenters. The van der Waals surface area contributed by atoms with Gasteiger partial charge < -0.3 is 20.3 Å². The molecule has 0 bridgehead atoms. The highest BCUT2D eigenvalue weighted by Gasteiger charge is 2.32. The predicted molar refractivity (Wildman–Crippen MR) is 142 cm³/mol. The maximum absolute atomic E-state index is 13.4. The van der Waals surface area contributed by atoms with Gasteiger partial charge in [-0.2, -0.15) is 18.2 Å². The highest BCUT2D eigenvalue weighted by molar-refractivity contribution is 5.76. The van der Waals surface area contributed by atoms with Crippen LogP contribution < -0.4 is 10.6 Å². The second-order valence-electron chi connectivity index (χ2n) is 11.1. The fourth-order valence-electron chi connectivity index (χ4n) is 5.61. The molecule has 5 rings (SSSR count). The van der Waals surface area contributed by atoms with Crippen molar-refractivity contribution in [3.63, 3.8) is 0 Å².